The molecule has 0 aliphatic carbocycles. The van der Waals surface area contributed by atoms with Crippen LogP contribution in [-0.4, -0.2) is 44.8 Å². The van der Waals surface area contributed by atoms with Gasteiger partial charge < -0.3 is 9.47 Å². The molecule has 2 heterocycles. The molecule has 1 spiro atoms. The average molecular weight is 301 g/mol. The molecule has 0 radical (unpaired) electrons. The van der Waals surface area contributed by atoms with Crippen molar-refractivity contribution in [2.75, 3.05) is 26.3 Å². The second-order valence-electron chi connectivity index (χ2n) is 4.94. The maximum atomic E-state index is 13.7. The second kappa shape index (κ2) is 5.07. The molecule has 2 aliphatic heterocycles. The van der Waals surface area contributed by atoms with Gasteiger partial charge in [-0.1, -0.05) is 12.1 Å². The summed E-state index contributed by atoms with van der Waals surface area (Å²) in [6, 6.07) is 5.43. The van der Waals surface area contributed by atoms with Crippen molar-refractivity contribution < 1.29 is 22.3 Å². The number of nitrogens with zero attached hydrogens (tertiary/aromatic N) is 1. The predicted octanol–water partition coefficient (Wildman–Crippen LogP) is 1.35. The number of hydrogen-bond donors (Lipinski definition) is 0. The van der Waals surface area contributed by atoms with Crippen LogP contribution in [0.5, 0.6) is 0 Å². The van der Waals surface area contributed by atoms with Crippen LogP contribution in [0.4, 0.5) is 4.39 Å². The molecule has 2 fully saturated rings. The highest BCUT2D eigenvalue weighted by atomic mass is 32.2. The van der Waals surface area contributed by atoms with Crippen molar-refractivity contribution >= 4 is 10.0 Å². The topological polar surface area (TPSA) is 55.8 Å². The molecule has 0 bridgehead atoms. The number of sulfonamides is 1. The third-order valence-corrected chi connectivity index (χ3v) is 5.68. The van der Waals surface area contributed by atoms with Crippen molar-refractivity contribution in [1.29, 1.82) is 0 Å². The van der Waals surface area contributed by atoms with Crippen molar-refractivity contribution in [3.63, 3.8) is 0 Å². The molecule has 110 valence electrons. The van der Waals surface area contributed by atoms with E-state index in [0.717, 1.165) is 6.07 Å². The number of benzene rings is 1. The number of hydrogen-bond acceptors (Lipinski definition) is 4. The maximum Gasteiger partial charge on any atom is 0.245 e. The summed E-state index contributed by atoms with van der Waals surface area (Å²) >= 11 is 0. The molecule has 5 nitrogen and oxygen atoms in total. The van der Waals surface area contributed by atoms with E-state index in [2.05, 4.69) is 0 Å². The molecule has 1 aromatic carbocycles. The first-order chi connectivity index (χ1) is 9.54. The molecule has 0 unspecified atom stereocenters. The Morgan fingerprint density at radius 1 is 1.10 bits per heavy atom. The van der Waals surface area contributed by atoms with Gasteiger partial charge in [0.25, 0.3) is 0 Å². The Bertz CT molecular complexity index is 588. The predicted molar refractivity (Wildman–Crippen MR) is 69.0 cm³/mol. The highest BCUT2D eigenvalue weighted by Crippen LogP contribution is 2.33. The largest absolute Gasteiger partial charge is 0.347 e. The minimum atomic E-state index is -3.79. The van der Waals surface area contributed by atoms with Gasteiger partial charge in [0.05, 0.1) is 13.2 Å². The molecule has 1 aromatic rings. The number of piperidine rings is 1. The van der Waals surface area contributed by atoms with E-state index in [4.69, 9.17) is 9.47 Å². The zero-order valence-electron chi connectivity index (χ0n) is 10.9. The molecule has 3 rings (SSSR count). The summed E-state index contributed by atoms with van der Waals surface area (Å²) in [5.41, 5.74) is 0. The van der Waals surface area contributed by atoms with Gasteiger partial charge in [0.1, 0.15) is 10.7 Å². The lowest BCUT2D eigenvalue weighted by Crippen LogP contribution is -2.47. The minimum Gasteiger partial charge on any atom is -0.347 e. The lowest BCUT2D eigenvalue weighted by Gasteiger charge is -2.36. The van der Waals surface area contributed by atoms with E-state index in [0.29, 0.717) is 26.1 Å². The van der Waals surface area contributed by atoms with Crippen LogP contribution in [0.25, 0.3) is 0 Å². The molecule has 2 aliphatic rings. The third-order valence-electron chi connectivity index (χ3n) is 3.75. The lowest BCUT2D eigenvalue weighted by molar-refractivity contribution is -0.179. The van der Waals surface area contributed by atoms with Crippen LogP contribution in [0.2, 0.25) is 0 Å². The normalized spacial score (nSPS) is 23.2. The van der Waals surface area contributed by atoms with Gasteiger partial charge in [-0.05, 0) is 12.1 Å². The Balaban J connectivity index is 1.79. The van der Waals surface area contributed by atoms with E-state index in [1.54, 1.807) is 0 Å². The van der Waals surface area contributed by atoms with E-state index in [9.17, 15) is 12.8 Å². The van der Waals surface area contributed by atoms with Crippen LogP contribution in [0.1, 0.15) is 12.8 Å². The van der Waals surface area contributed by atoms with Crippen molar-refractivity contribution in [2.45, 2.75) is 23.5 Å². The average Bonchev–Trinajstić information content (AvgIpc) is 2.88. The number of ether oxygens (including phenoxy) is 2. The van der Waals surface area contributed by atoms with Crippen LogP contribution in [0.15, 0.2) is 29.2 Å². The third kappa shape index (κ3) is 2.35. The fourth-order valence-electron chi connectivity index (χ4n) is 2.65. The first-order valence-electron chi connectivity index (χ1n) is 6.56. The molecule has 7 heteroatoms. The molecular weight excluding hydrogens is 285 g/mol. The summed E-state index contributed by atoms with van der Waals surface area (Å²) in [5.74, 6) is -1.36. The van der Waals surface area contributed by atoms with Gasteiger partial charge in [0, 0.05) is 25.9 Å². The van der Waals surface area contributed by atoms with Crippen LogP contribution < -0.4 is 0 Å². The molecule has 2 saturated heterocycles. The second-order valence-corrected chi connectivity index (χ2v) is 6.85. The lowest BCUT2D eigenvalue weighted by atomic mass is 10.1. The Kier molecular flexibility index (Phi) is 3.53. The van der Waals surface area contributed by atoms with E-state index >= 15 is 0 Å². The molecular formula is C13H16FNO4S. The van der Waals surface area contributed by atoms with Gasteiger partial charge in [-0.25, -0.2) is 12.8 Å². The first kappa shape index (κ1) is 13.9. The van der Waals surface area contributed by atoms with Crippen molar-refractivity contribution in [3.8, 4) is 0 Å². The van der Waals surface area contributed by atoms with Gasteiger partial charge in [-0.3, -0.25) is 0 Å². The van der Waals surface area contributed by atoms with Crippen LogP contribution in [0, 0.1) is 5.82 Å². The molecule has 20 heavy (non-hydrogen) atoms. The Hall–Kier alpha value is -1.02. The highest BCUT2D eigenvalue weighted by molar-refractivity contribution is 7.89. The zero-order chi connectivity index (χ0) is 14.2. The minimum absolute atomic E-state index is 0.274. The fourth-order valence-corrected chi connectivity index (χ4v) is 4.15. The SMILES string of the molecule is O=S(=O)(c1ccccc1F)N1CCC2(CC1)OCCO2. The monoisotopic (exact) mass is 301 g/mol. The zero-order valence-corrected chi connectivity index (χ0v) is 11.7. The highest BCUT2D eigenvalue weighted by Gasteiger charge is 2.43. The molecule has 0 amide bonds. The van der Waals surface area contributed by atoms with Gasteiger partial charge >= 0.3 is 0 Å². The summed E-state index contributed by atoms with van der Waals surface area (Å²) < 4.78 is 50.9. The van der Waals surface area contributed by atoms with Gasteiger partial charge in [0.15, 0.2) is 5.79 Å². The number of rotatable bonds is 2. The van der Waals surface area contributed by atoms with Crippen molar-refractivity contribution in [3.05, 3.63) is 30.1 Å². The molecule has 0 atom stereocenters. The summed E-state index contributed by atoms with van der Waals surface area (Å²) in [5, 5.41) is 0. The molecule has 0 N–H and O–H groups in total. The summed E-state index contributed by atoms with van der Waals surface area (Å²) in [7, 11) is -3.79. The summed E-state index contributed by atoms with van der Waals surface area (Å²) in [4.78, 5) is -0.274. The van der Waals surface area contributed by atoms with Crippen LogP contribution in [0.3, 0.4) is 0 Å². The quantitative estimate of drug-likeness (QED) is 0.827. The molecule has 0 saturated carbocycles. The summed E-state index contributed by atoms with van der Waals surface area (Å²) in [6.07, 6.45) is 0.946. The Morgan fingerprint density at radius 2 is 1.70 bits per heavy atom. The fraction of sp³-hybridized carbons (Fsp3) is 0.538. The summed E-state index contributed by atoms with van der Waals surface area (Å²) in [6.45, 7) is 1.63. The van der Waals surface area contributed by atoms with Crippen LogP contribution >= 0.6 is 0 Å². The number of halogens is 1. The maximum absolute atomic E-state index is 13.7. The standard InChI is InChI=1S/C13H16FNO4S/c14-11-3-1-2-4-12(11)20(16,17)15-7-5-13(6-8-15)18-9-10-19-13/h1-4H,5-10H2. The van der Waals surface area contributed by atoms with E-state index < -0.39 is 21.6 Å². The Labute approximate surface area is 117 Å². The van der Waals surface area contributed by atoms with E-state index in [-0.39, 0.29) is 18.0 Å². The Morgan fingerprint density at radius 3 is 2.30 bits per heavy atom. The van der Waals surface area contributed by atoms with Crippen LogP contribution in [-0.2, 0) is 19.5 Å². The first-order valence-corrected chi connectivity index (χ1v) is 8.00. The van der Waals surface area contributed by atoms with Gasteiger partial charge in [0.2, 0.25) is 10.0 Å². The van der Waals surface area contributed by atoms with Gasteiger partial charge in [-0.2, -0.15) is 4.31 Å². The van der Waals surface area contributed by atoms with Crippen molar-refractivity contribution in [1.82, 2.24) is 4.31 Å². The van der Waals surface area contributed by atoms with E-state index in [1.165, 1.54) is 22.5 Å². The molecule has 0 aromatic heterocycles. The van der Waals surface area contributed by atoms with Crippen molar-refractivity contribution in [2.24, 2.45) is 0 Å². The van der Waals surface area contributed by atoms with Gasteiger partial charge in [-0.15, -0.1) is 0 Å². The smallest absolute Gasteiger partial charge is 0.245 e. The van der Waals surface area contributed by atoms with E-state index in [1.807, 2.05) is 0 Å².